The molecule has 1 heterocycles. The number of hydrogen-bond donors (Lipinski definition) is 5. The molecule has 9 nitrogen and oxygen atoms in total. The molecule has 0 bridgehead atoms. The molecule has 7 atom stereocenters. The molecule has 2 aliphatic rings. The van der Waals surface area contributed by atoms with Crippen molar-refractivity contribution < 1.29 is 44.6 Å². The largest absolute Gasteiger partial charge is 0.481 e. The standard InChI is InChI=1S/C19H30O9/c20-9-14-17(24)19(26)18(25)15(28-14)10-27-7-3-1-2-4-12-11(8-16(22)23)5-6-13(12)21/h1-2,11-12,14-15,17-20,24-26H,3-10H2,(H,22,23)/b2-1-/t11-,12-,14-,15+,17-,18+,19+/m1/s1. The minimum atomic E-state index is -1.41. The summed E-state index contributed by atoms with van der Waals surface area (Å²) in [4.78, 5) is 22.8. The normalized spacial score (nSPS) is 36.3. The summed E-state index contributed by atoms with van der Waals surface area (Å²) >= 11 is 0. The minimum absolute atomic E-state index is 0.00289. The molecule has 1 aliphatic carbocycles. The highest BCUT2D eigenvalue weighted by Crippen LogP contribution is 2.34. The van der Waals surface area contributed by atoms with Gasteiger partial charge < -0.3 is 35.0 Å². The van der Waals surface area contributed by atoms with Crippen LogP contribution in [0.25, 0.3) is 0 Å². The first kappa shape index (κ1) is 22.9. The fourth-order valence-electron chi connectivity index (χ4n) is 3.80. The topological polar surface area (TPSA) is 154 Å². The molecule has 0 radical (unpaired) electrons. The predicted octanol–water partition coefficient (Wildman–Crippen LogP) is -0.748. The molecule has 28 heavy (non-hydrogen) atoms. The van der Waals surface area contributed by atoms with Gasteiger partial charge in [0.15, 0.2) is 0 Å². The molecule has 2 rings (SSSR count). The van der Waals surface area contributed by atoms with Crippen molar-refractivity contribution in [2.45, 2.75) is 62.6 Å². The lowest BCUT2D eigenvalue weighted by Gasteiger charge is -2.39. The maximum atomic E-state index is 11.9. The molecule has 0 aromatic heterocycles. The van der Waals surface area contributed by atoms with Gasteiger partial charge in [0.05, 0.1) is 19.8 Å². The first-order chi connectivity index (χ1) is 13.3. The van der Waals surface area contributed by atoms with Crippen molar-refractivity contribution >= 4 is 11.8 Å². The van der Waals surface area contributed by atoms with E-state index in [1.807, 2.05) is 12.2 Å². The van der Waals surface area contributed by atoms with Gasteiger partial charge in [-0.15, -0.1) is 0 Å². The fourth-order valence-corrected chi connectivity index (χ4v) is 3.80. The summed E-state index contributed by atoms with van der Waals surface area (Å²) in [6.45, 7) is -0.160. The van der Waals surface area contributed by atoms with Gasteiger partial charge in [-0.3, -0.25) is 9.59 Å². The molecule has 1 aliphatic heterocycles. The number of aliphatic carboxylic acids is 1. The Morgan fingerprint density at radius 3 is 2.54 bits per heavy atom. The molecule has 5 N–H and O–H groups in total. The van der Waals surface area contributed by atoms with E-state index >= 15 is 0 Å². The number of rotatable bonds is 10. The van der Waals surface area contributed by atoms with Crippen molar-refractivity contribution in [3.8, 4) is 0 Å². The van der Waals surface area contributed by atoms with E-state index in [9.17, 15) is 24.9 Å². The smallest absolute Gasteiger partial charge is 0.303 e. The third-order valence-electron chi connectivity index (χ3n) is 5.44. The maximum Gasteiger partial charge on any atom is 0.303 e. The van der Waals surface area contributed by atoms with Crippen molar-refractivity contribution in [1.29, 1.82) is 0 Å². The third kappa shape index (κ3) is 6.07. The van der Waals surface area contributed by atoms with Crippen LogP contribution in [-0.2, 0) is 19.1 Å². The average Bonchev–Trinajstić information content (AvgIpc) is 2.99. The quantitative estimate of drug-likeness (QED) is 0.235. The zero-order valence-electron chi connectivity index (χ0n) is 15.7. The van der Waals surface area contributed by atoms with Gasteiger partial charge in [0.25, 0.3) is 0 Å². The molecule has 160 valence electrons. The maximum absolute atomic E-state index is 11.9. The number of Topliss-reactive ketones (excluding diaryl/α,β-unsaturated/α-hetero) is 1. The van der Waals surface area contributed by atoms with E-state index in [0.717, 1.165) is 0 Å². The van der Waals surface area contributed by atoms with Crippen LogP contribution in [0.15, 0.2) is 12.2 Å². The summed E-state index contributed by atoms with van der Waals surface area (Å²) in [5, 5.41) is 47.4. The number of carboxylic acids is 1. The number of aliphatic hydroxyl groups is 4. The summed E-state index contributed by atoms with van der Waals surface area (Å²) in [6.07, 6.45) is -0.0292. The van der Waals surface area contributed by atoms with Gasteiger partial charge in [-0.1, -0.05) is 12.2 Å². The monoisotopic (exact) mass is 402 g/mol. The molecule has 9 heteroatoms. The highest BCUT2D eigenvalue weighted by atomic mass is 16.6. The van der Waals surface area contributed by atoms with Gasteiger partial charge in [0, 0.05) is 18.8 Å². The Hall–Kier alpha value is -1.36. The van der Waals surface area contributed by atoms with E-state index in [-0.39, 0.29) is 30.6 Å². The van der Waals surface area contributed by atoms with E-state index in [1.165, 1.54) is 0 Å². The van der Waals surface area contributed by atoms with Gasteiger partial charge in [-0.05, 0) is 25.2 Å². The summed E-state index contributed by atoms with van der Waals surface area (Å²) in [6, 6.07) is 0. The molecule has 0 amide bonds. The molecule has 0 aromatic carbocycles. The van der Waals surface area contributed by atoms with Crippen LogP contribution in [0.1, 0.15) is 32.1 Å². The van der Waals surface area contributed by atoms with Crippen molar-refractivity contribution in [3.63, 3.8) is 0 Å². The Labute approximate surface area is 163 Å². The Kier molecular flexibility index (Phi) is 9.00. The number of carbonyl (C=O) groups excluding carboxylic acids is 1. The summed E-state index contributed by atoms with van der Waals surface area (Å²) < 4.78 is 10.8. The average molecular weight is 402 g/mol. The zero-order chi connectivity index (χ0) is 20.7. The molecule has 1 saturated carbocycles. The lowest BCUT2D eigenvalue weighted by molar-refractivity contribution is -0.238. The van der Waals surface area contributed by atoms with E-state index in [0.29, 0.717) is 32.3 Å². The van der Waals surface area contributed by atoms with E-state index in [1.54, 1.807) is 0 Å². The second-order valence-corrected chi connectivity index (χ2v) is 7.41. The summed E-state index contributed by atoms with van der Waals surface area (Å²) in [5.74, 6) is -1.09. The van der Waals surface area contributed by atoms with Crippen molar-refractivity contribution in [1.82, 2.24) is 0 Å². The van der Waals surface area contributed by atoms with Crippen molar-refractivity contribution in [2.24, 2.45) is 11.8 Å². The summed E-state index contributed by atoms with van der Waals surface area (Å²) in [7, 11) is 0. The first-order valence-electron chi connectivity index (χ1n) is 9.62. The number of carboxylic acid groups (broad SMARTS) is 1. The van der Waals surface area contributed by atoms with Crippen molar-refractivity contribution in [2.75, 3.05) is 19.8 Å². The second-order valence-electron chi connectivity index (χ2n) is 7.41. The minimum Gasteiger partial charge on any atom is -0.481 e. The van der Waals surface area contributed by atoms with Crippen LogP contribution in [0.4, 0.5) is 0 Å². The second kappa shape index (κ2) is 11.0. The van der Waals surface area contributed by atoms with Crippen LogP contribution in [0.5, 0.6) is 0 Å². The van der Waals surface area contributed by atoms with Crippen LogP contribution in [-0.4, -0.2) is 87.6 Å². The van der Waals surface area contributed by atoms with Crippen LogP contribution >= 0.6 is 0 Å². The van der Waals surface area contributed by atoms with Crippen molar-refractivity contribution in [3.05, 3.63) is 12.2 Å². The van der Waals surface area contributed by atoms with Crippen LogP contribution in [0.3, 0.4) is 0 Å². The lowest BCUT2D eigenvalue weighted by Crippen LogP contribution is -2.59. The van der Waals surface area contributed by atoms with E-state index in [2.05, 4.69) is 0 Å². The lowest BCUT2D eigenvalue weighted by atomic mass is 9.89. The molecule has 2 fully saturated rings. The molecule has 0 unspecified atom stereocenters. The predicted molar refractivity (Wildman–Crippen MR) is 96.4 cm³/mol. The number of carbonyl (C=O) groups is 2. The Balaban J connectivity index is 1.67. The Bertz CT molecular complexity index is 548. The van der Waals surface area contributed by atoms with Gasteiger partial charge in [-0.2, -0.15) is 0 Å². The van der Waals surface area contributed by atoms with Gasteiger partial charge in [-0.25, -0.2) is 0 Å². The van der Waals surface area contributed by atoms with Crippen LogP contribution in [0.2, 0.25) is 0 Å². The van der Waals surface area contributed by atoms with Gasteiger partial charge in [0.1, 0.15) is 36.3 Å². The molecular formula is C19H30O9. The van der Waals surface area contributed by atoms with Crippen LogP contribution < -0.4 is 0 Å². The summed E-state index contributed by atoms with van der Waals surface area (Å²) in [5.41, 5.74) is 0. The highest BCUT2D eigenvalue weighted by molar-refractivity contribution is 5.84. The number of ketones is 1. The first-order valence-corrected chi connectivity index (χ1v) is 9.62. The Morgan fingerprint density at radius 1 is 1.14 bits per heavy atom. The Morgan fingerprint density at radius 2 is 1.86 bits per heavy atom. The zero-order valence-corrected chi connectivity index (χ0v) is 15.7. The number of allylic oxidation sites excluding steroid dienone is 1. The van der Waals surface area contributed by atoms with Crippen LogP contribution in [0, 0.1) is 11.8 Å². The number of hydrogen-bond acceptors (Lipinski definition) is 8. The number of aliphatic hydroxyl groups excluding tert-OH is 4. The SMILES string of the molecule is O=C(O)C[C@H]1CCC(=O)[C@@H]1C/C=C\CCOC[C@@H]1O[C@H](CO)[C@@H](O)[C@H](O)[C@H]1O. The van der Waals surface area contributed by atoms with E-state index in [4.69, 9.17) is 19.7 Å². The van der Waals surface area contributed by atoms with Gasteiger partial charge >= 0.3 is 5.97 Å². The number of ether oxygens (including phenoxy) is 2. The molecule has 0 aromatic rings. The third-order valence-corrected chi connectivity index (χ3v) is 5.44. The fraction of sp³-hybridized carbons (Fsp3) is 0.789. The highest BCUT2D eigenvalue weighted by Gasteiger charge is 2.43. The molecular weight excluding hydrogens is 372 g/mol. The molecule has 0 spiro atoms. The van der Waals surface area contributed by atoms with E-state index < -0.39 is 43.1 Å². The molecule has 1 saturated heterocycles. The van der Waals surface area contributed by atoms with Gasteiger partial charge in [0.2, 0.25) is 0 Å².